The van der Waals surface area contributed by atoms with Gasteiger partial charge in [0.15, 0.2) is 0 Å². The van der Waals surface area contributed by atoms with Gasteiger partial charge in [-0.1, -0.05) is 6.07 Å². The molecule has 20 heavy (non-hydrogen) atoms. The molecule has 2 rings (SSSR count). The van der Waals surface area contributed by atoms with E-state index in [9.17, 15) is 10.1 Å². The number of piperidine rings is 1. The van der Waals surface area contributed by atoms with Crippen LogP contribution in [0.15, 0.2) is 23.3 Å². The van der Waals surface area contributed by atoms with Crippen LogP contribution in [0.5, 0.6) is 0 Å². The molecule has 0 amide bonds. The molecule has 1 aliphatic rings. The van der Waals surface area contributed by atoms with Crippen molar-refractivity contribution in [2.75, 3.05) is 32.1 Å². The van der Waals surface area contributed by atoms with Crippen LogP contribution in [0.3, 0.4) is 0 Å². The van der Waals surface area contributed by atoms with Crippen molar-refractivity contribution in [3.8, 4) is 0 Å². The molecule has 0 bridgehead atoms. The van der Waals surface area contributed by atoms with Crippen molar-refractivity contribution in [1.29, 1.82) is 0 Å². The zero-order valence-electron chi connectivity index (χ0n) is 12.0. The van der Waals surface area contributed by atoms with Crippen LogP contribution < -0.4 is 4.90 Å². The minimum atomic E-state index is -0.354. The predicted octanol–water partition coefficient (Wildman–Crippen LogP) is 2.48. The van der Waals surface area contributed by atoms with Gasteiger partial charge in [-0.2, -0.15) is 5.10 Å². The number of nitro groups is 1. The SMILES string of the molecule is CN(C)c1ccc(/C=N\N2CCCCC2)cc1[N+](=O)[O-]. The summed E-state index contributed by atoms with van der Waals surface area (Å²) < 4.78 is 0. The lowest BCUT2D eigenvalue weighted by Gasteiger charge is -2.23. The van der Waals surface area contributed by atoms with Crippen LogP contribution >= 0.6 is 0 Å². The van der Waals surface area contributed by atoms with Gasteiger partial charge in [-0.15, -0.1) is 0 Å². The molecule has 1 aliphatic heterocycles. The zero-order chi connectivity index (χ0) is 14.5. The fraction of sp³-hybridized carbons (Fsp3) is 0.500. The Balaban J connectivity index is 2.18. The van der Waals surface area contributed by atoms with Crippen LogP contribution in [0.25, 0.3) is 0 Å². The molecule has 1 fully saturated rings. The first kappa shape index (κ1) is 14.3. The van der Waals surface area contributed by atoms with E-state index in [4.69, 9.17) is 0 Å². The highest BCUT2D eigenvalue weighted by Crippen LogP contribution is 2.27. The normalized spacial score (nSPS) is 15.6. The second-order valence-electron chi connectivity index (χ2n) is 5.16. The average Bonchev–Trinajstić information content (AvgIpc) is 2.45. The van der Waals surface area contributed by atoms with Gasteiger partial charge in [0, 0.05) is 38.8 Å². The Morgan fingerprint density at radius 2 is 2.00 bits per heavy atom. The summed E-state index contributed by atoms with van der Waals surface area (Å²) in [7, 11) is 3.59. The van der Waals surface area contributed by atoms with Crippen molar-refractivity contribution >= 4 is 17.6 Å². The van der Waals surface area contributed by atoms with E-state index in [0.29, 0.717) is 5.69 Å². The van der Waals surface area contributed by atoms with E-state index >= 15 is 0 Å². The van der Waals surface area contributed by atoms with Crippen LogP contribution in [0.4, 0.5) is 11.4 Å². The number of nitro benzene ring substituents is 1. The highest BCUT2D eigenvalue weighted by molar-refractivity contribution is 5.83. The lowest BCUT2D eigenvalue weighted by molar-refractivity contribution is -0.384. The van der Waals surface area contributed by atoms with E-state index in [0.717, 1.165) is 31.5 Å². The van der Waals surface area contributed by atoms with Crippen molar-refractivity contribution in [2.45, 2.75) is 19.3 Å². The number of nitrogens with zero attached hydrogens (tertiary/aromatic N) is 4. The lowest BCUT2D eigenvalue weighted by atomic mass is 10.1. The maximum atomic E-state index is 11.1. The summed E-state index contributed by atoms with van der Waals surface area (Å²) in [4.78, 5) is 12.5. The average molecular weight is 276 g/mol. The first-order valence-corrected chi connectivity index (χ1v) is 6.82. The molecular formula is C14H20N4O2. The maximum absolute atomic E-state index is 11.1. The largest absolute Gasteiger partial charge is 0.372 e. The number of rotatable bonds is 4. The molecule has 108 valence electrons. The van der Waals surface area contributed by atoms with Gasteiger partial charge in [0.2, 0.25) is 0 Å². The third-order valence-electron chi connectivity index (χ3n) is 3.38. The van der Waals surface area contributed by atoms with Crippen molar-refractivity contribution in [1.82, 2.24) is 5.01 Å². The molecule has 0 unspecified atom stereocenters. The highest BCUT2D eigenvalue weighted by atomic mass is 16.6. The van der Waals surface area contributed by atoms with E-state index in [1.165, 1.54) is 6.42 Å². The Hall–Kier alpha value is -2.11. The second-order valence-corrected chi connectivity index (χ2v) is 5.16. The molecule has 0 atom stereocenters. The molecular weight excluding hydrogens is 256 g/mol. The third-order valence-corrected chi connectivity index (χ3v) is 3.38. The van der Waals surface area contributed by atoms with Crippen LogP contribution in [0.2, 0.25) is 0 Å². The molecule has 0 spiro atoms. The number of hydrazone groups is 1. The second kappa shape index (κ2) is 6.36. The summed E-state index contributed by atoms with van der Waals surface area (Å²) >= 11 is 0. The number of anilines is 1. The smallest absolute Gasteiger partial charge is 0.293 e. The molecule has 1 heterocycles. The molecule has 1 saturated heterocycles. The number of hydrogen-bond acceptors (Lipinski definition) is 5. The van der Waals surface area contributed by atoms with Gasteiger partial charge in [-0.3, -0.25) is 15.1 Å². The van der Waals surface area contributed by atoms with Gasteiger partial charge in [0.25, 0.3) is 5.69 Å². The van der Waals surface area contributed by atoms with E-state index in [1.54, 1.807) is 37.3 Å². The Morgan fingerprint density at radius 3 is 2.60 bits per heavy atom. The quantitative estimate of drug-likeness (QED) is 0.481. The van der Waals surface area contributed by atoms with Crippen molar-refractivity contribution in [3.63, 3.8) is 0 Å². The Kier molecular flexibility index (Phi) is 4.55. The summed E-state index contributed by atoms with van der Waals surface area (Å²) in [6.07, 6.45) is 5.29. The Bertz CT molecular complexity index is 508. The third kappa shape index (κ3) is 3.46. The molecule has 0 N–H and O–H groups in total. The van der Waals surface area contributed by atoms with Gasteiger partial charge < -0.3 is 4.90 Å². The first-order chi connectivity index (χ1) is 9.58. The lowest BCUT2D eigenvalue weighted by Crippen LogP contribution is -2.24. The standard InChI is InChI=1S/C14H20N4O2/c1-16(2)13-7-6-12(10-14(13)18(19)20)11-15-17-8-4-3-5-9-17/h6-7,10-11H,3-5,8-9H2,1-2H3/b15-11-. The fourth-order valence-corrected chi connectivity index (χ4v) is 2.29. The van der Waals surface area contributed by atoms with Crippen LogP contribution in [-0.4, -0.2) is 43.3 Å². The van der Waals surface area contributed by atoms with Gasteiger partial charge in [0.1, 0.15) is 5.69 Å². The van der Waals surface area contributed by atoms with Crippen LogP contribution in [-0.2, 0) is 0 Å². The molecule has 0 radical (unpaired) electrons. The maximum Gasteiger partial charge on any atom is 0.293 e. The van der Waals surface area contributed by atoms with Crippen LogP contribution in [0.1, 0.15) is 24.8 Å². The van der Waals surface area contributed by atoms with Crippen molar-refractivity contribution < 1.29 is 4.92 Å². The summed E-state index contributed by atoms with van der Waals surface area (Å²) in [6, 6.07) is 5.19. The van der Waals surface area contributed by atoms with E-state index < -0.39 is 0 Å². The van der Waals surface area contributed by atoms with E-state index in [1.807, 2.05) is 11.1 Å². The minimum Gasteiger partial charge on any atom is -0.372 e. The molecule has 6 heteroatoms. The Labute approximate surface area is 118 Å². The predicted molar refractivity (Wildman–Crippen MR) is 80.4 cm³/mol. The summed E-state index contributed by atoms with van der Waals surface area (Å²) in [5.74, 6) is 0. The first-order valence-electron chi connectivity index (χ1n) is 6.82. The number of benzene rings is 1. The zero-order valence-corrected chi connectivity index (χ0v) is 12.0. The fourth-order valence-electron chi connectivity index (χ4n) is 2.29. The topological polar surface area (TPSA) is 62.0 Å². The molecule has 0 aromatic heterocycles. The van der Waals surface area contributed by atoms with Crippen molar-refractivity contribution in [2.24, 2.45) is 5.10 Å². The van der Waals surface area contributed by atoms with Gasteiger partial charge in [0.05, 0.1) is 11.1 Å². The molecule has 0 aliphatic carbocycles. The van der Waals surface area contributed by atoms with E-state index in [2.05, 4.69) is 5.10 Å². The van der Waals surface area contributed by atoms with Gasteiger partial charge in [-0.05, 0) is 25.3 Å². The minimum absolute atomic E-state index is 0.109. The van der Waals surface area contributed by atoms with E-state index in [-0.39, 0.29) is 10.6 Å². The van der Waals surface area contributed by atoms with Crippen LogP contribution in [0, 0.1) is 10.1 Å². The molecule has 1 aromatic carbocycles. The van der Waals surface area contributed by atoms with Gasteiger partial charge >= 0.3 is 0 Å². The number of hydrogen-bond donors (Lipinski definition) is 0. The Morgan fingerprint density at radius 1 is 1.30 bits per heavy atom. The molecule has 1 aromatic rings. The van der Waals surface area contributed by atoms with Gasteiger partial charge in [-0.25, -0.2) is 0 Å². The summed E-state index contributed by atoms with van der Waals surface area (Å²) in [5.41, 5.74) is 1.47. The molecule has 0 saturated carbocycles. The summed E-state index contributed by atoms with van der Waals surface area (Å²) in [5, 5.41) is 17.5. The van der Waals surface area contributed by atoms with Crippen molar-refractivity contribution in [3.05, 3.63) is 33.9 Å². The summed E-state index contributed by atoms with van der Waals surface area (Å²) in [6.45, 7) is 1.93. The molecule has 6 nitrogen and oxygen atoms in total. The highest BCUT2D eigenvalue weighted by Gasteiger charge is 2.15. The monoisotopic (exact) mass is 276 g/mol.